The molecular weight excluding hydrogens is 174 g/mol. The van der Waals surface area contributed by atoms with Gasteiger partial charge < -0.3 is 15.9 Å². The molecule has 5 heteroatoms. The van der Waals surface area contributed by atoms with E-state index >= 15 is 0 Å². The zero-order valence-corrected chi connectivity index (χ0v) is 6.52. The van der Waals surface area contributed by atoms with Gasteiger partial charge in [0.15, 0.2) is 0 Å². The molecular formula is C8H7NO4. The third-order valence-electron chi connectivity index (χ3n) is 1.50. The first kappa shape index (κ1) is 9.05. The van der Waals surface area contributed by atoms with Crippen molar-refractivity contribution in [3.05, 3.63) is 29.3 Å². The number of phenolic OH excluding ortho intramolecular Hbond substituents is 1. The van der Waals surface area contributed by atoms with Crippen LogP contribution in [-0.4, -0.2) is 22.1 Å². The summed E-state index contributed by atoms with van der Waals surface area (Å²) in [6.07, 6.45) is 0. The minimum absolute atomic E-state index is 0.120. The van der Waals surface area contributed by atoms with Gasteiger partial charge in [0.1, 0.15) is 5.75 Å². The minimum Gasteiger partial charge on any atom is -0.508 e. The molecule has 0 atom stereocenters. The molecule has 0 aliphatic heterocycles. The van der Waals surface area contributed by atoms with Crippen LogP contribution in [0.5, 0.6) is 5.75 Å². The molecule has 4 N–H and O–H groups in total. The van der Waals surface area contributed by atoms with E-state index in [0.717, 1.165) is 6.07 Å². The maximum Gasteiger partial charge on any atom is 0.336 e. The Bertz CT molecular complexity index is 372. The van der Waals surface area contributed by atoms with Gasteiger partial charge in [-0.2, -0.15) is 0 Å². The fourth-order valence-electron chi connectivity index (χ4n) is 0.924. The minimum atomic E-state index is -1.30. The Morgan fingerprint density at radius 3 is 2.31 bits per heavy atom. The maximum absolute atomic E-state index is 10.7. The summed E-state index contributed by atoms with van der Waals surface area (Å²) in [5, 5.41) is 17.6. The van der Waals surface area contributed by atoms with E-state index in [4.69, 9.17) is 15.9 Å². The number of aromatic carboxylic acids is 1. The van der Waals surface area contributed by atoms with Crippen molar-refractivity contribution in [1.82, 2.24) is 0 Å². The van der Waals surface area contributed by atoms with Crippen LogP contribution in [0.15, 0.2) is 18.2 Å². The number of carbonyl (C=O) groups is 2. The highest BCUT2D eigenvalue weighted by atomic mass is 16.4. The summed E-state index contributed by atoms with van der Waals surface area (Å²) in [6, 6.07) is 3.34. The van der Waals surface area contributed by atoms with Gasteiger partial charge in [0.25, 0.3) is 0 Å². The lowest BCUT2D eigenvalue weighted by Gasteiger charge is -2.01. The molecule has 0 radical (unpaired) electrons. The van der Waals surface area contributed by atoms with Gasteiger partial charge in [-0.1, -0.05) is 0 Å². The van der Waals surface area contributed by atoms with Crippen LogP contribution in [0.25, 0.3) is 0 Å². The molecule has 0 saturated heterocycles. The van der Waals surface area contributed by atoms with Gasteiger partial charge in [-0.3, -0.25) is 4.79 Å². The van der Waals surface area contributed by atoms with Crippen molar-refractivity contribution >= 4 is 11.9 Å². The molecule has 1 rings (SSSR count). The van der Waals surface area contributed by atoms with Crippen LogP contribution in [0.3, 0.4) is 0 Å². The highest BCUT2D eigenvalue weighted by Gasteiger charge is 2.14. The molecule has 0 saturated carbocycles. The van der Waals surface area contributed by atoms with Crippen LogP contribution < -0.4 is 5.73 Å². The second-order valence-corrected chi connectivity index (χ2v) is 2.40. The molecule has 1 aromatic rings. The van der Waals surface area contributed by atoms with Gasteiger partial charge in [-0.25, -0.2) is 4.79 Å². The summed E-state index contributed by atoms with van der Waals surface area (Å²) >= 11 is 0. The number of hydrogen-bond donors (Lipinski definition) is 3. The van der Waals surface area contributed by atoms with Gasteiger partial charge >= 0.3 is 5.97 Å². The smallest absolute Gasteiger partial charge is 0.336 e. The number of hydrogen-bond acceptors (Lipinski definition) is 3. The number of amides is 1. The zero-order chi connectivity index (χ0) is 10.0. The van der Waals surface area contributed by atoms with Crippen LogP contribution >= 0.6 is 0 Å². The third kappa shape index (κ3) is 1.76. The predicted octanol–water partition coefficient (Wildman–Crippen LogP) is 0.189. The first-order valence-electron chi connectivity index (χ1n) is 3.38. The Balaban J connectivity index is 3.35. The van der Waals surface area contributed by atoms with E-state index in [0.29, 0.717) is 0 Å². The van der Waals surface area contributed by atoms with Crippen LogP contribution in [-0.2, 0) is 0 Å². The Morgan fingerprint density at radius 2 is 1.85 bits per heavy atom. The fourth-order valence-corrected chi connectivity index (χ4v) is 0.924. The third-order valence-corrected chi connectivity index (χ3v) is 1.50. The summed E-state index contributed by atoms with van der Waals surface area (Å²) in [4.78, 5) is 21.3. The number of aromatic hydroxyl groups is 1. The maximum atomic E-state index is 10.7. The van der Waals surface area contributed by atoms with Crippen LogP contribution in [0, 0.1) is 0 Å². The lowest BCUT2D eigenvalue weighted by Crippen LogP contribution is -2.15. The van der Waals surface area contributed by atoms with Crippen molar-refractivity contribution < 1.29 is 19.8 Å². The summed E-state index contributed by atoms with van der Waals surface area (Å²) < 4.78 is 0. The van der Waals surface area contributed by atoms with E-state index in [1.165, 1.54) is 12.1 Å². The average molecular weight is 181 g/mol. The topological polar surface area (TPSA) is 101 Å². The van der Waals surface area contributed by atoms with Crippen LogP contribution in [0.4, 0.5) is 0 Å². The Kier molecular flexibility index (Phi) is 2.19. The Labute approximate surface area is 73.4 Å². The number of nitrogens with two attached hydrogens (primary N) is 1. The van der Waals surface area contributed by atoms with Gasteiger partial charge in [0.2, 0.25) is 5.91 Å². The predicted molar refractivity (Wildman–Crippen MR) is 43.6 cm³/mol. The molecule has 0 heterocycles. The molecule has 5 nitrogen and oxygen atoms in total. The van der Waals surface area contributed by atoms with Gasteiger partial charge in [-0.05, 0) is 18.2 Å². The van der Waals surface area contributed by atoms with Crippen molar-refractivity contribution in [1.29, 1.82) is 0 Å². The van der Waals surface area contributed by atoms with E-state index in [1.54, 1.807) is 0 Å². The molecule has 0 aliphatic rings. The van der Waals surface area contributed by atoms with E-state index < -0.39 is 11.9 Å². The number of phenols is 1. The van der Waals surface area contributed by atoms with E-state index in [1.807, 2.05) is 0 Å². The van der Waals surface area contributed by atoms with Gasteiger partial charge in [0.05, 0.1) is 11.1 Å². The van der Waals surface area contributed by atoms with Crippen molar-refractivity contribution in [2.75, 3.05) is 0 Å². The molecule has 0 unspecified atom stereocenters. The molecule has 0 spiro atoms. The first-order chi connectivity index (χ1) is 6.02. The normalized spacial score (nSPS) is 9.54. The van der Waals surface area contributed by atoms with Crippen molar-refractivity contribution in [3.8, 4) is 5.75 Å². The average Bonchev–Trinajstić information content (AvgIpc) is 2.03. The van der Waals surface area contributed by atoms with E-state index in [-0.39, 0.29) is 16.9 Å². The lowest BCUT2D eigenvalue weighted by molar-refractivity contribution is 0.0691. The van der Waals surface area contributed by atoms with Crippen molar-refractivity contribution in [2.45, 2.75) is 0 Å². The Morgan fingerprint density at radius 1 is 1.23 bits per heavy atom. The molecule has 0 bridgehead atoms. The van der Waals surface area contributed by atoms with Gasteiger partial charge in [-0.15, -0.1) is 0 Å². The zero-order valence-electron chi connectivity index (χ0n) is 6.52. The number of rotatable bonds is 2. The van der Waals surface area contributed by atoms with Crippen molar-refractivity contribution in [2.24, 2.45) is 5.73 Å². The molecule has 0 fully saturated rings. The quantitative estimate of drug-likeness (QED) is 0.606. The SMILES string of the molecule is NC(=O)c1ccc(O)cc1C(=O)O. The fraction of sp³-hybridized carbons (Fsp3) is 0. The Hall–Kier alpha value is -2.04. The van der Waals surface area contributed by atoms with E-state index in [9.17, 15) is 9.59 Å². The lowest BCUT2D eigenvalue weighted by atomic mass is 10.1. The number of primary amides is 1. The summed E-state index contributed by atoms with van der Waals surface area (Å²) in [6.45, 7) is 0. The molecule has 1 aromatic carbocycles. The molecule has 0 aromatic heterocycles. The van der Waals surface area contributed by atoms with Crippen molar-refractivity contribution in [3.63, 3.8) is 0 Å². The molecule has 13 heavy (non-hydrogen) atoms. The second-order valence-electron chi connectivity index (χ2n) is 2.40. The number of benzene rings is 1. The van der Waals surface area contributed by atoms with Gasteiger partial charge in [0, 0.05) is 0 Å². The van der Waals surface area contributed by atoms with E-state index in [2.05, 4.69) is 0 Å². The number of carboxylic acids is 1. The van der Waals surface area contributed by atoms with Crippen LogP contribution in [0.1, 0.15) is 20.7 Å². The summed E-state index contributed by atoms with van der Waals surface area (Å²) in [7, 11) is 0. The summed E-state index contributed by atoms with van der Waals surface area (Å²) in [5.74, 6) is -2.36. The molecule has 68 valence electrons. The largest absolute Gasteiger partial charge is 0.508 e. The molecule has 1 amide bonds. The first-order valence-corrected chi connectivity index (χ1v) is 3.38. The number of carboxylic acid groups (broad SMARTS) is 1. The summed E-state index contributed by atoms with van der Waals surface area (Å²) in [5.41, 5.74) is 4.50. The standard InChI is InChI=1S/C8H7NO4/c9-7(11)5-2-1-4(10)3-6(5)8(12)13/h1-3,10H,(H2,9,11)(H,12,13). The molecule has 0 aliphatic carbocycles. The van der Waals surface area contributed by atoms with Crippen LogP contribution in [0.2, 0.25) is 0 Å². The second kappa shape index (κ2) is 3.14. The highest BCUT2D eigenvalue weighted by molar-refractivity contribution is 6.04. The monoisotopic (exact) mass is 181 g/mol. The highest BCUT2D eigenvalue weighted by Crippen LogP contribution is 2.16. The number of carbonyl (C=O) groups excluding carboxylic acids is 1.